The lowest BCUT2D eigenvalue weighted by molar-refractivity contribution is -0.159. The molecule has 0 heterocycles. The normalized spacial score (nSPS) is 13.5. The molecule has 0 amide bonds. The molecule has 0 aliphatic carbocycles. The highest BCUT2D eigenvalue weighted by molar-refractivity contribution is 5.90. The highest BCUT2D eigenvalue weighted by atomic mass is 16.6. The van der Waals surface area contributed by atoms with E-state index in [9.17, 15) is 9.59 Å². The van der Waals surface area contributed by atoms with Crippen LogP contribution in [0.1, 0.15) is 26.3 Å². The summed E-state index contributed by atoms with van der Waals surface area (Å²) in [6.07, 6.45) is 1.76. The van der Waals surface area contributed by atoms with Gasteiger partial charge in [-0.15, -0.1) is 0 Å². The van der Waals surface area contributed by atoms with Crippen molar-refractivity contribution in [3.05, 3.63) is 59.2 Å². The predicted octanol–water partition coefficient (Wildman–Crippen LogP) is 2.50. The maximum atomic E-state index is 11.8. The predicted molar refractivity (Wildman–Crippen MR) is 81.5 cm³/mol. The largest absolute Gasteiger partial charge is 0.457 e. The van der Waals surface area contributed by atoms with Crippen LogP contribution in [0.4, 0.5) is 0 Å². The van der Waals surface area contributed by atoms with Crippen molar-refractivity contribution in [3.63, 3.8) is 0 Å². The fourth-order valence-corrected chi connectivity index (χ4v) is 1.47. The average molecular weight is 304 g/mol. The molecule has 0 aromatic heterocycles. The van der Waals surface area contributed by atoms with Crippen LogP contribution < -0.4 is 0 Å². The van der Waals surface area contributed by atoms with Gasteiger partial charge in [0.2, 0.25) is 0 Å². The van der Waals surface area contributed by atoms with Gasteiger partial charge in [-0.2, -0.15) is 0 Å². The molecule has 0 saturated carbocycles. The Bertz CT molecular complexity index is 570. The van der Waals surface area contributed by atoms with Crippen molar-refractivity contribution in [2.75, 3.05) is 0 Å². The molecule has 1 aromatic carbocycles. The van der Waals surface area contributed by atoms with Crippen LogP contribution in [-0.4, -0.2) is 23.3 Å². The first-order valence-corrected chi connectivity index (χ1v) is 6.85. The summed E-state index contributed by atoms with van der Waals surface area (Å²) in [6.45, 7) is 4.66. The molecule has 0 spiro atoms. The van der Waals surface area contributed by atoms with E-state index in [1.165, 1.54) is 26.0 Å². The van der Waals surface area contributed by atoms with Gasteiger partial charge >= 0.3 is 11.9 Å². The molecule has 0 radical (unpaired) electrons. The zero-order valence-corrected chi connectivity index (χ0v) is 12.9. The fraction of sp³-hybridized carbons (Fsp3) is 0.294. The molecule has 5 nitrogen and oxygen atoms in total. The van der Waals surface area contributed by atoms with Crippen molar-refractivity contribution >= 4 is 11.9 Å². The maximum absolute atomic E-state index is 11.8. The molecule has 118 valence electrons. The van der Waals surface area contributed by atoms with Crippen LogP contribution in [0.3, 0.4) is 0 Å². The topological polar surface area (TPSA) is 72.8 Å². The summed E-state index contributed by atoms with van der Waals surface area (Å²) in [6, 6.07) is 9.35. The van der Waals surface area contributed by atoms with Gasteiger partial charge in [-0.25, -0.2) is 9.59 Å². The minimum Gasteiger partial charge on any atom is -0.457 e. The van der Waals surface area contributed by atoms with Crippen LogP contribution in [0.5, 0.6) is 0 Å². The molecule has 0 aliphatic rings. The number of ether oxygens (including phenoxy) is 2. The molecule has 1 aromatic rings. The SMILES string of the molecule is C/C(=C\C=C(/C)C(=O)OC(C)O)C(=O)OCc1ccccc1. The summed E-state index contributed by atoms with van der Waals surface area (Å²) in [5.74, 6) is -1.10. The lowest BCUT2D eigenvalue weighted by Crippen LogP contribution is -2.14. The van der Waals surface area contributed by atoms with Crippen LogP contribution >= 0.6 is 0 Å². The van der Waals surface area contributed by atoms with Gasteiger partial charge in [0.05, 0.1) is 0 Å². The Kier molecular flexibility index (Phi) is 7.05. The summed E-state index contributed by atoms with van der Waals surface area (Å²) in [5, 5.41) is 8.96. The third kappa shape index (κ3) is 6.37. The molecular formula is C17H20O5. The number of aliphatic hydroxyl groups excluding tert-OH is 1. The zero-order chi connectivity index (χ0) is 16.5. The molecule has 1 unspecified atom stereocenters. The van der Waals surface area contributed by atoms with Crippen LogP contribution in [0, 0.1) is 0 Å². The van der Waals surface area contributed by atoms with Gasteiger partial charge in [-0.3, -0.25) is 0 Å². The van der Waals surface area contributed by atoms with Crippen molar-refractivity contribution in [1.82, 2.24) is 0 Å². The molecule has 22 heavy (non-hydrogen) atoms. The number of allylic oxidation sites excluding steroid dienone is 2. The van der Waals surface area contributed by atoms with Crippen molar-refractivity contribution in [3.8, 4) is 0 Å². The third-order valence-electron chi connectivity index (χ3n) is 2.72. The summed E-state index contributed by atoms with van der Waals surface area (Å²) >= 11 is 0. The van der Waals surface area contributed by atoms with Crippen LogP contribution in [0.2, 0.25) is 0 Å². The molecule has 5 heteroatoms. The maximum Gasteiger partial charge on any atom is 0.336 e. The van der Waals surface area contributed by atoms with Crippen molar-refractivity contribution in [1.29, 1.82) is 0 Å². The fourth-order valence-electron chi connectivity index (χ4n) is 1.47. The second-order valence-corrected chi connectivity index (χ2v) is 4.77. The number of esters is 2. The Morgan fingerprint density at radius 2 is 1.64 bits per heavy atom. The third-order valence-corrected chi connectivity index (χ3v) is 2.72. The van der Waals surface area contributed by atoms with E-state index in [1.54, 1.807) is 6.92 Å². The molecule has 0 aliphatic heterocycles. The Labute approximate surface area is 129 Å². The number of hydrogen-bond donors (Lipinski definition) is 1. The molecule has 1 atom stereocenters. The van der Waals surface area contributed by atoms with E-state index in [4.69, 9.17) is 9.84 Å². The first-order chi connectivity index (χ1) is 10.4. The average Bonchev–Trinajstić information content (AvgIpc) is 2.50. The molecule has 0 bridgehead atoms. The minimum atomic E-state index is -1.17. The zero-order valence-electron chi connectivity index (χ0n) is 12.9. The van der Waals surface area contributed by atoms with E-state index in [-0.39, 0.29) is 12.2 Å². The van der Waals surface area contributed by atoms with Gasteiger partial charge in [0.15, 0.2) is 6.29 Å². The number of carbonyl (C=O) groups is 2. The van der Waals surface area contributed by atoms with Gasteiger partial charge < -0.3 is 14.6 Å². The summed E-state index contributed by atoms with van der Waals surface area (Å²) in [7, 11) is 0. The molecule has 1 rings (SSSR count). The van der Waals surface area contributed by atoms with E-state index in [2.05, 4.69) is 4.74 Å². The van der Waals surface area contributed by atoms with E-state index in [0.717, 1.165) is 5.56 Å². The second-order valence-electron chi connectivity index (χ2n) is 4.77. The smallest absolute Gasteiger partial charge is 0.336 e. The van der Waals surface area contributed by atoms with Gasteiger partial charge in [-0.05, 0) is 26.3 Å². The van der Waals surface area contributed by atoms with Crippen LogP contribution in [0.25, 0.3) is 0 Å². The Hall–Kier alpha value is -2.40. The molecule has 0 fully saturated rings. The summed E-state index contributed by atoms with van der Waals surface area (Å²) in [4.78, 5) is 23.3. The standard InChI is InChI=1S/C17H20O5/c1-12(9-10-13(2)17(20)22-14(3)18)16(19)21-11-15-7-5-4-6-8-15/h4-10,14,18H,11H2,1-3H3/b12-9+,13-10+. The van der Waals surface area contributed by atoms with Crippen molar-refractivity contribution in [2.24, 2.45) is 0 Å². The summed E-state index contributed by atoms with van der Waals surface area (Å²) < 4.78 is 9.77. The quantitative estimate of drug-likeness (QED) is 0.378. The Balaban J connectivity index is 2.56. The second kappa shape index (κ2) is 8.79. The Morgan fingerprint density at radius 1 is 1.09 bits per heavy atom. The number of carbonyl (C=O) groups excluding carboxylic acids is 2. The number of aliphatic hydroxyl groups is 1. The summed E-state index contributed by atoms with van der Waals surface area (Å²) in [5.41, 5.74) is 1.53. The highest BCUT2D eigenvalue weighted by Crippen LogP contribution is 2.06. The van der Waals surface area contributed by atoms with E-state index in [1.807, 2.05) is 30.3 Å². The first-order valence-electron chi connectivity index (χ1n) is 6.85. The number of rotatable bonds is 6. The van der Waals surface area contributed by atoms with E-state index in [0.29, 0.717) is 5.57 Å². The monoisotopic (exact) mass is 304 g/mol. The lowest BCUT2D eigenvalue weighted by atomic mass is 10.2. The first kappa shape index (κ1) is 17.7. The minimum absolute atomic E-state index is 0.192. The van der Waals surface area contributed by atoms with Crippen LogP contribution in [-0.2, 0) is 25.7 Å². The number of benzene rings is 1. The van der Waals surface area contributed by atoms with Gasteiger partial charge in [0.1, 0.15) is 6.61 Å². The molecular weight excluding hydrogens is 284 g/mol. The van der Waals surface area contributed by atoms with Gasteiger partial charge in [0, 0.05) is 11.1 Å². The molecule has 0 saturated heterocycles. The highest BCUT2D eigenvalue weighted by Gasteiger charge is 2.09. The Morgan fingerprint density at radius 3 is 2.18 bits per heavy atom. The number of hydrogen-bond acceptors (Lipinski definition) is 5. The van der Waals surface area contributed by atoms with Crippen LogP contribution in [0.15, 0.2) is 53.6 Å². The van der Waals surface area contributed by atoms with E-state index < -0.39 is 18.2 Å². The van der Waals surface area contributed by atoms with Crippen molar-refractivity contribution in [2.45, 2.75) is 33.7 Å². The lowest BCUT2D eigenvalue weighted by Gasteiger charge is -2.06. The van der Waals surface area contributed by atoms with E-state index >= 15 is 0 Å². The van der Waals surface area contributed by atoms with Crippen molar-refractivity contribution < 1.29 is 24.2 Å². The van der Waals surface area contributed by atoms with Gasteiger partial charge in [-0.1, -0.05) is 42.5 Å². The van der Waals surface area contributed by atoms with Gasteiger partial charge in [0.25, 0.3) is 0 Å². The molecule has 1 N–H and O–H groups in total.